The van der Waals surface area contributed by atoms with Crippen LogP contribution in [0.3, 0.4) is 0 Å². The van der Waals surface area contributed by atoms with Crippen molar-refractivity contribution in [1.29, 1.82) is 0 Å². The topological polar surface area (TPSA) is 111 Å². The lowest BCUT2D eigenvalue weighted by Crippen LogP contribution is -2.57. The second-order valence-corrected chi connectivity index (χ2v) is 12.1. The summed E-state index contributed by atoms with van der Waals surface area (Å²) in [5.41, 5.74) is 4.69. The average Bonchev–Trinajstić information content (AvgIpc) is 3.15. The molecule has 0 spiro atoms. The fraction of sp³-hybridized carbons (Fsp3) is 0.516. The van der Waals surface area contributed by atoms with E-state index in [1.54, 1.807) is 18.2 Å². The first kappa shape index (κ1) is 28.3. The average molecular weight is 549 g/mol. The van der Waals surface area contributed by atoms with Gasteiger partial charge in [-0.3, -0.25) is 24.2 Å². The van der Waals surface area contributed by atoms with Crippen LogP contribution >= 0.6 is 0 Å². The molecule has 2 unspecified atom stereocenters. The first-order chi connectivity index (χ1) is 19.0. The van der Waals surface area contributed by atoms with Gasteiger partial charge in [-0.2, -0.15) is 0 Å². The minimum atomic E-state index is -1.27. The summed E-state index contributed by atoms with van der Waals surface area (Å²) in [4.78, 5) is 41.7. The Morgan fingerprint density at radius 3 is 2.48 bits per heavy atom. The second-order valence-electron chi connectivity index (χ2n) is 12.1. The summed E-state index contributed by atoms with van der Waals surface area (Å²) < 4.78 is 6.16. The van der Waals surface area contributed by atoms with Gasteiger partial charge in [0.05, 0.1) is 28.9 Å². The Hall–Kier alpha value is -3.27. The molecule has 2 aromatic carbocycles. The molecule has 2 aromatic rings. The van der Waals surface area contributed by atoms with Crippen LogP contribution < -0.4 is 10.6 Å². The van der Waals surface area contributed by atoms with E-state index in [-0.39, 0.29) is 24.3 Å². The Morgan fingerprint density at radius 2 is 1.80 bits per heavy atom. The number of amides is 3. The molecule has 3 heterocycles. The number of rotatable bonds is 7. The van der Waals surface area contributed by atoms with Crippen molar-refractivity contribution in [3.05, 3.63) is 64.2 Å². The number of nitrogens with zero attached hydrogens (tertiary/aromatic N) is 2. The lowest BCUT2D eigenvalue weighted by Gasteiger charge is -2.35. The van der Waals surface area contributed by atoms with Crippen LogP contribution in [0.1, 0.15) is 83.9 Å². The Bertz CT molecular complexity index is 1300. The number of hydrogen-bond acceptors (Lipinski definition) is 7. The number of aliphatic hydroxyl groups is 1. The van der Waals surface area contributed by atoms with Crippen LogP contribution in [0.25, 0.3) is 0 Å². The molecule has 0 aromatic heterocycles. The van der Waals surface area contributed by atoms with E-state index in [1.165, 1.54) is 11.1 Å². The first-order valence-corrected chi connectivity index (χ1v) is 14.2. The highest BCUT2D eigenvalue weighted by Crippen LogP contribution is 2.33. The third kappa shape index (κ3) is 6.06. The summed E-state index contributed by atoms with van der Waals surface area (Å²) in [5.74, 6) is -1.19. The number of carbonyl (C=O) groups is 3. The Morgan fingerprint density at radius 1 is 1.05 bits per heavy atom. The van der Waals surface area contributed by atoms with Crippen LogP contribution in [0, 0.1) is 6.92 Å². The summed E-state index contributed by atoms with van der Waals surface area (Å²) in [6.45, 7) is 11.9. The zero-order chi connectivity index (χ0) is 28.6. The highest BCUT2D eigenvalue weighted by Gasteiger charge is 2.45. The molecule has 3 aliphatic heterocycles. The Kier molecular flexibility index (Phi) is 7.99. The number of nitrogens with one attached hydrogen (secondary N) is 2. The fourth-order valence-electron chi connectivity index (χ4n) is 5.96. The number of imide groups is 1. The lowest BCUT2D eigenvalue weighted by atomic mass is 10.0. The highest BCUT2D eigenvalue weighted by atomic mass is 16.5. The molecule has 214 valence electrons. The number of carbonyl (C=O) groups excluding carboxylic acids is 3. The normalized spacial score (nSPS) is 22.4. The predicted molar refractivity (Wildman–Crippen MR) is 152 cm³/mol. The van der Waals surface area contributed by atoms with Crippen molar-refractivity contribution in [2.75, 3.05) is 18.4 Å². The minimum Gasteiger partial charge on any atom is -0.380 e. The van der Waals surface area contributed by atoms with Crippen molar-refractivity contribution in [2.24, 2.45) is 0 Å². The monoisotopic (exact) mass is 548 g/mol. The molecule has 0 radical (unpaired) electrons. The third-order valence-corrected chi connectivity index (χ3v) is 7.96. The smallest absolute Gasteiger partial charge is 0.264 e. The summed E-state index contributed by atoms with van der Waals surface area (Å²) >= 11 is 0. The largest absolute Gasteiger partial charge is 0.380 e. The van der Waals surface area contributed by atoms with Gasteiger partial charge in [0.2, 0.25) is 5.91 Å². The molecule has 0 aliphatic carbocycles. The second kappa shape index (κ2) is 11.3. The van der Waals surface area contributed by atoms with E-state index in [0.29, 0.717) is 29.5 Å². The van der Waals surface area contributed by atoms with Gasteiger partial charge in [0.1, 0.15) is 6.23 Å². The molecular weight excluding hydrogens is 508 g/mol. The number of ether oxygens (including phenoxy) is 1. The number of piperidine rings is 2. The SMILES string of the molecule is Cc1cc(CNc2cccc3c2C(=O)N(C2CCC(=O)NC2O)C3=O)ccc1CN1CCC(OC(C)(C)C)CC1. The van der Waals surface area contributed by atoms with Crippen molar-refractivity contribution >= 4 is 23.4 Å². The van der Waals surface area contributed by atoms with Crippen LogP contribution in [-0.4, -0.2) is 69.7 Å². The molecular formula is C31H40N4O5. The van der Waals surface area contributed by atoms with Crippen LogP contribution in [0.4, 0.5) is 5.69 Å². The van der Waals surface area contributed by atoms with Crippen molar-refractivity contribution in [1.82, 2.24) is 15.1 Å². The van der Waals surface area contributed by atoms with Crippen molar-refractivity contribution in [3.63, 3.8) is 0 Å². The third-order valence-electron chi connectivity index (χ3n) is 7.96. The van der Waals surface area contributed by atoms with Crippen molar-refractivity contribution < 1.29 is 24.2 Å². The lowest BCUT2D eigenvalue weighted by molar-refractivity contribution is -0.129. The maximum Gasteiger partial charge on any atom is 0.264 e. The van der Waals surface area contributed by atoms with E-state index in [2.05, 4.69) is 61.4 Å². The van der Waals surface area contributed by atoms with Gasteiger partial charge in [-0.15, -0.1) is 0 Å². The number of hydrogen-bond donors (Lipinski definition) is 3. The Balaban J connectivity index is 1.21. The standard InChI is InChI=1S/C31H40N4O5/c1-19-16-20(8-9-21(19)18-34-14-12-22(13-15-34)40-31(2,3)4)17-32-24-7-5-6-23-27(24)30(39)35(29(23)38)25-10-11-26(36)33-28(25)37/h5-9,16,22,25,28,32,37H,10-15,17-18H2,1-4H3,(H,33,36). The van der Waals surface area contributed by atoms with Gasteiger partial charge < -0.3 is 20.5 Å². The molecule has 3 amide bonds. The molecule has 0 saturated carbocycles. The highest BCUT2D eigenvalue weighted by molar-refractivity contribution is 6.24. The fourth-order valence-corrected chi connectivity index (χ4v) is 5.96. The molecule has 40 heavy (non-hydrogen) atoms. The van der Waals surface area contributed by atoms with Crippen molar-refractivity contribution in [2.45, 2.75) is 90.4 Å². The molecule has 9 nitrogen and oxygen atoms in total. The van der Waals surface area contributed by atoms with Gasteiger partial charge in [0.25, 0.3) is 11.8 Å². The van der Waals surface area contributed by atoms with E-state index < -0.39 is 24.1 Å². The van der Waals surface area contributed by atoms with Crippen LogP contribution in [0.15, 0.2) is 36.4 Å². The Labute approximate surface area is 235 Å². The van der Waals surface area contributed by atoms with Gasteiger partial charge in [-0.05, 0) is 75.8 Å². The zero-order valence-corrected chi connectivity index (χ0v) is 23.8. The van der Waals surface area contributed by atoms with Crippen molar-refractivity contribution in [3.8, 4) is 0 Å². The predicted octanol–water partition coefficient (Wildman–Crippen LogP) is 3.58. The number of fused-ring (bicyclic) bond motifs is 1. The first-order valence-electron chi connectivity index (χ1n) is 14.2. The minimum absolute atomic E-state index is 0.105. The van der Waals surface area contributed by atoms with Crippen LogP contribution in [0.5, 0.6) is 0 Å². The van der Waals surface area contributed by atoms with Gasteiger partial charge in [-0.1, -0.05) is 24.3 Å². The van der Waals surface area contributed by atoms with E-state index in [0.717, 1.165) is 42.9 Å². The number of benzene rings is 2. The van der Waals surface area contributed by atoms with Gasteiger partial charge >= 0.3 is 0 Å². The summed E-state index contributed by atoms with van der Waals surface area (Å²) in [6.07, 6.45) is 1.53. The molecule has 2 atom stereocenters. The van der Waals surface area contributed by atoms with Crippen LogP contribution in [0.2, 0.25) is 0 Å². The molecule has 3 aliphatic rings. The van der Waals surface area contributed by atoms with E-state index >= 15 is 0 Å². The maximum atomic E-state index is 13.4. The molecule has 9 heteroatoms. The summed E-state index contributed by atoms with van der Waals surface area (Å²) in [7, 11) is 0. The number of likely N-dealkylation sites (tertiary alicyclic amines) is 1. The van der Waals surface area contributed by atoms with E-state index in [4.69, 9.17) is 4.74 Å². The maximum absolute atomic E-state index is 13.4. The van der Waals surface area contributed by atoms with Gasteiger partial charge in [-0.25, -0.2) is 0 Å². The van der Waals surface area contributed by atoms with Gasteiger partial charge in [0.15, 0.2) is 0 Å². The quantitative estimate of drug-likeness (QED) is 0.454. The van der Waals surface area contributed by atoms with E-state index in [1.807, 2.05) is 0 Å². The number of aryl methyl sites for hydroxylation is 1. The molecule has 0 bridgehead atoms. The van der Waals surface area contributed by atoms with Crippen LogP contribution in [-0.2, 0) is 22.6 Å². The number of aliphatic hydroxyl groups excluding tert-OH is 1. The number of anilines is 1. The summed E-state index contributed by atoms with van der Waals surface area (Å²) in [5, 5.41) is 16.1. The molecule has 5 rings (SSSR count). The molecule has 2 saturated heterocycles. The molecule has 2 fully saturated rings. The molecule has 3 N–H and O–H groups in total. The zero-order valence-electron chi connectivity index (χ0n) is 23.8. The summed E-state index contributed by atoms with van der Waals surface area (Å²) in [6, 6.07) is 10.8. The van der Waals surface area contributed by atoms with E-state index in [9.17, 15) is 19.5 Å². The van der Waals surface area contributed by atoms with Gasteiger partial charge in [0, 0.05) is 38.3 Å².